The predicted octanol–water partition coefficient (Wildman–Crippen LogP) is 16.9. The van der Waals surface area contributed by atoms with Gasteiger partial charge in [0, 0.05) is 0 Å². The lowest BCUT2D eigenvalue weighted by atomic mass is 9.99. The Morgan fingerprint density at radius 3 is 0.906 bits per heavy atom. The van der Waals surface area contributed by atoms with Crippen molar-refractivity contribution in [1.29, 1.82) is 0 Å². The molecule has 0 aromatic rings. The number of carbonyl (C=O) groups is 1. The van der Waals surface area contributed by atoms with Crippen LogP contribution in [0.15, 0.2) is 12.2 Å². The molecule has 382 valence electrons. The number of rotatable bonds is 54. The minimum Gasteiger partial charge on any atom is -0.394 e. The number of aliphatic hydroxyl groups is 4. The van der Waals surface area contributed by atoms with Gasteiger partial charge in [-0.1, -0.05) is 296 Å². The van der Waals surface area contributed by atoms with E-state index >= 15 is 0 Å². The summed E-state index contributed by atoms with van der Waals surface area (Å²) in [5, 5.41) is 44.0. The minimum atomic E-state index is -1.26. The number of carbonyl (C=O) groups excluding carboxylic acids is 1. The van der Waals surface area contributed by atoms with Gasteiger partial charge in [0.2, 0.25) is 5.91 Å². The van der Waals surface area contributed by atoms with Crippen molar-refractivity contribution < 1.29 is 25.2 Å². The zero-order valence-electron chi connectivity index (χ0n) is 43.3. The van der Waals surface area contributed by atoms with Gasteiger partial charge in [-0.05, 0) is 38.5 Å². The van der Waals surface area contributed by atoms with Crippen molar-refractivity contribution >= 4 is 5.91 Å². The molecule has 6 nitrogen and oxygen atoms in total. The monoisotopic (exact) mass is 906 g/mol. The van der Waals surface area contributed by atoms with Gasteiger partial charge in [-0.2, -0.15) is 0 Å². The Labute approximate surface area is 400 Å². The zero-order chi connectivity index (χ0) is 46.7. The minimum absolute atomic E-state index is 0.365. The smallest absolute Gasteiger partial charge is 0.249 e. The van der Waals surface area contributed by atoms with Crippen molar-refractivity contribution in [3.05, 3.63) is 12.2 Å². The molecule has 0 aromatic carbocycles. The molecule has 4 atom stereocenters. The number of nitrogens with one attached hydrogen (secondary N) is 1. The molecule has 5 N–H and O–H groups in total. The fraction of sp³-hybridized carbons (Fsp3) is 0.948. The van der Waals surface area contributed by atoms with E-state index in [0.29, 0.717) is 12.8 Å². The topological polar surface area (TPSA) is 110 Å². The lowest BCUT2D eigenvalue weighted by Gasteiger charge is -2.27. The van der Waals surface area contributed by atoms with E-state index < -0.39 is 36.9 Å². The zero-order valence-corrected chi connectivity index (χ0v) is 43.3. The highest BCUT2D eigenvalue weighted by Gasteiger charge is 2.28. The first-order chi connectivity index (χ1) is 31.5. The van der Waals surface area contributed by atoms with Gasteiger partial charge < -0.3 is 25.7 Å². The van der Waals surface area contributed by atoms with Crippen LogP contribution in [0.25, 0.3) is 0 Å². The summed E-state index contributed by atoms with van der Waals surface area (Å²) >= 11 is 0. The lowest BCUT2D eigenvalue weighted by molar-refractivity contribution is -0.132. The Balaban J connectivity index is 3.54. The SMILES string of the molecule is CCCCCCCC/C=C\CCCCCCCCC(O)C(=O)NC(CO)C(O)C(O)CCCCCCCCCCCCCCCCCCCCCCCCCCCCCCCCCC. The maximum absolute atomic E-state index is 12.6. The van der Waals surface area contributed by atoms with Crippen LogP contribution in [0.5, 0.6) is 0 Å². The summed E-state index contributed by atoms with van der Waals surface area (Å²) in [4.78, 5) is 12.6. The first-order valence-corrected chi connectivity index (χ1v) is 29.1. The molecule has 0 aliphatic heterocycles. The second kappa shape index (κ2) is 53.0. The normalized spacial score (nSPS) is 13.8. The van der Waals surface area contributed by atoms with Crippen LogP contribution in [0.3, 0.4) is 0 Å². The molecule has 0 aromatic heterocycles. The van der Waals surface area contributed by atoms with Crippen molar-refractivity contribution in [3.8, 4) is 0 Å². The van der Waals surface area contributed by atoms with Gasteiger partial charge in [0.15, 0.2) is 0 Å². The Kier molecular flexibility index (Phi) is 52.2. The maximum Gasteiger partial charge on any atom is 0.249 e. The van der Waals surface area contributed by atoms with Gasteiger partial charge in [-0.15, -0.1) is 0 Å². The van der Waals surface area contributed by atoms with Crippen molar-refractivity contribution in [2.75, 3.05) is 6.61 Å². The number of aliphatic hydroxyl groups excluding tert-OH is 4. The lowest BCUT2D eigenvalue weighted by Crippen LogP contribution is -2.53. The molecule has 64 heavy (non-hydrogen) atoms. The van der Waals surface area contributed by atoms with Gasteiger partial charge in [0.1, 0.15) is 12.2 Å². The van der Waals surface area contributed by atoms with Crippen molar-refractivity contribution in [2.24, 2.45) is 0 Å². The van der Waals surface area contributed by atoms with E-state index in [2.05, 4.69) is 31.3 Å². The third-order valence-electron chi connectivity index (χ3n) is 14.0. The quantitative estimate of drug-likeness (QED) is 0.0308. The van der Waals surface area contributed by atoms with Crippen LogP contribution in [0.1, 0.15) is 322 Å². The van der Waals surface area contributed by atoms with Crippen LogP contribution in [-0.2, 0) is 4.79 Å². The van der Waals surface area contributed by atoms with E-state index in [4.69, 9.17) is 0 Å². The molecule has 4 unspecified atom stereocenters. The van der Waals surface area contributed by atoms with Crippen LogP contribution in [0, 0.1) is 0 Å². The molecule has 0 radical (unpaired) electrons. The molecule has 0 aliphatic rings. The average Bonchev–Trinajstić information content (AvgIpc) is 3.30. The molecule has 0 heterocycles. The molecule has 0 saturated carbocycles. The summed E-state index contributed by atoms with van der Waals surface area (Å²) in [7, 11) is 0. The van der Waals surface area contributed by atoms with Gasteiger partial charge >= 0.3 is 0 Å². The van der Waals surface area contributed by atoms with Crippen molar-refractivity contribution in [1.82, 2.24) is 5.32 Å². The van der Waals surface area contributed by atoms with Gasteiger partial charge in [-0.3, -0.25) is 4.79 Å². The molecule has 1 amide bonds. The average molecular weight is 907 g/mol. The predicted molar refractivity (Wildman–Crippen MR) is 279 cm³/mol. The van der Waals surface area contributed by atoms with Crippen molar-refractivity contribution in [2.45, 2.75) is 346 Å². The first kappa shape index (κ1) is 63.0. The largest absolute Gasteiger partial charge is 0.394 e. The Hall–Kier alpha value is -0.950. The van der Waals surface area contributed by atoms with Gasteiger partial charge in [0.05, 0.1) is 18.8 Å². The van der Waals surface area contributed by atoms with E-state index in [9.17, 15) is 25.2 Å². The fourth-order valence-corrected chi connectivity index (χ4v) is 9.40. The second-order valence-electron chi connectivity index (χ2n) is 20.3. The number of allylic oxidation sites excluding steroid dienone is 2. The fourth-order valence-electron chi connectivity index (χ4n) is 9.40. The van der Waals surface area contributed by atoms with Gasteiger partial charge in [-0.25, -0.2) is 0 Å². The standard InChI is InChI=1S/C58H115NO5/c1-3-5-7-9-11-13-15-17-19-21-22-23-24-25-26-27-28-29-30-31-32-33-34-35-36-38-39-41-43-45-47-49-51-55(61)57(63)54(53-60)59-58(64)56(62)52-50-48-46-44-42-40-37-20-18-16-14-12-10-8-6-4-2/h18,20,54-57,60-63H,3-17,19,21-53H2,1-2H3,(H,59,64)/b20-18-. The van der Waals surface area contributed by atoms with E-state index in [1.165, 1.54) is 250 Å². The Morgan fingerprint density at radius 1 is 0.375 bits per heavy atom. The summed E-state index contributed by atoms with van der Waals surface area (Å²) < 4.78 is 0. The molecule has 0 saturated heterocycles. The highest BCUT2D eigenvalue weighted by molar-refractivity contribution is 5.80. The molecule has 0 aliphatic carbocycles. The summed E-state index contributed by atoms with van der Waals surface area (Å²) in [6.45, 7) is 4.08. The number of hydrogen-bond acceptors (Lipinski definition) is 5. The second-order valence-corrected chi connectivity index (χ2v) is 20.3. The number of amides is 1. The summed E-state index contributed by atoms with van der Waals surface area (Å²) in [5.74, 6) is -0.584. The van der Waals surface area contributed by atoms with E-state index in [1.54, 1.807) is 0 Å². The number of hydrogen-bond donors (Lipinski definition) is 5. The van der Waals surface area contributed by atoms with E-state index in [0.717, 1.165) is 44.9 Å². The highest BCUT2D eigenvalue weighted by Crippen LogP contribution is 2.19. The molecule has 6 heteroatoms. The molecular formula is C58H115NO5. The van der Waals surface area contributed by atoms with E-state index in [-0.39, 0.29) is 0 Å². The molecule has 0 spiro atoms. The summed E-state index contributed by atoms with van der Waals surface area (Å²) in [6.07, 6.45) is 63.0. The Bertz CT molecular complexity index is 928. The third-order valence-corrected chi connectivity index (χ3v) is 14.0. The summed E-state index contributed by atoms with van der Waals surface area (Å²) in [5.41, 5.74) is 0. The van der Waals surface area contributed by atoms with Gasteiger partial charge in [0.25, 0.3) is 0 Å². The molecular weight excluding hydrogens is 791 g/mol. The summed E-state index contributed by atoms with van der Waals surface area (Å²) in [6, 6.07) is -0.986. The highest BCUT2D eigenvalue weighted by atomic mass is 16.3. The third kappa shape index (κ3) is 46.2. The van der Waals surface area contributed by atoms with Crippen LogP contribution in [0.4, 0.5) is 0 Å². The first-order valence-electron chi connectivity index (χ1n) is 29.1. The molecule has 0 rings (SSSR count). The molecule has 0 bridgehead atoms. The van der Waals surface area contributed by atoms with Crippen LogP contribution < -0.4 is 5.32 Å². The van der Waals surface area contributed by atoms with Crippen LogP contribution in [0.2, 0.25) is 0 Å². The maximum atomic E-state index is 12.6. The van der Waals surface area contributed by atoms with E-state index in [1.807, 2.05) is 0 Å². The van der Waals surface area contributed by atoms with Crippen molar-refractivity contribution in [3.63, 3.8) is 0 Å². The van der Waals surface area contributed by atoms with Crippen LogP contribution >= 0.6 is 0 Å². The Morgan fingerprint density at radius 2 is 0.625 bits per heavy atom. The number of unbranched alkanes of at least 4 members (excludes halogenated alkanes) is 43. The molecule has 0 fully saturated rings. The van der Waals surface area contributed by atoms with Crippen LogP contribution in [-0.4, -0.2) is 57.3 Å².